The Hall–Kier alpha value is -3.38. The number of ether oxygens (including phenoxy) is 2. The van der Waals surface area contributed by atoms with Crippen molar-refractivity contribution in [3.8, 4) is 0 Å². The highest BCUT2D eigenvalue weighted by molar-refractivity contribution is 5.87. The lowest BCUT2D eigenvalue weighted by molar-refractivity contribution is -0.146. The van der Waals surface area contributed by atoms with Gasteiger partial charge in [0, 0.05) is 30.5 Å². The minimum Gasteiger partial charge on any atom is -0.466 e. The van der Waals surface area contributed by atoms with Gasteiger partial charge in [0.2, 0.25) is 0 Å². The predicted molar refractivity (Wildman–Crippen MR) is 120 cm³/mol. The third kappa shape index (κ3) is 6.30. The van der Waals surface area contributed by atoms with Gasteiger partial charge in [-0.3, -0.25) is 0 Å². The smallest absolute Gasteiger partial charge is 0.331 e. The van der Waals surface area contributed by atoms with Crippen LogP contribution in [-0.2, 0) is 19.1 Å². The number of esters is 2. The van der Waals surface area contributed by atoms with Crippen LogP contribution in [0.1, 0.15) is 42.2 Å². The summed E-state index contributed by atoms with van der Waals surface area (Å²) in [5, 5.41) is 10.8. The molecule has 0 saturated heterocycles. The molecule has 0 bridgehead atoms. The van der Waals surface area contributed by atoms with E-state index in [4.69, 9.17) is 4.74 Å². The van der Waals surface area contributed by atoms with Crippen LogP contribution >= 0.6 is 0 Å². The van der Waals surface area contributed by atoms with E-state index in [0.717, 1.165) is 36.1 Å². The number of rotatable bonds is 8. The predicted octanol–water partition coefficient (Wildman–Crippen LogP) is 4.11. The molecule has 2 aromatic carbocycles. The molecule has 0 spiro atoms. The van der Waals surface area contributed by atoms with Crippen LogP contribution in [0.4, 0.5) is 5.69 Å². The van der Waals surface area contributed by atoms with Crippen LogP contribution in [0.15, 0.2) is 60.7 Å². The number of hydrogen-bond acceptors (Lipinski definition) is 6. The summed E-state index contributed by atoms with van der Waals surface area (Å²) in [6.07, 6.45) is 8.38. The minimum atomic E-state index is -0.860. The number of hydrogen-bond donors (Lipinski definition) is 1. The first kappa shape index (κ1) is 22.3. The van der Waals surface area contributed by atoms with Crippen LogP contribution in [0.25, 0.3) is 12.2 Å². The van der Waals surface area contributed by atoms with Crippen LogP contribution in [-0.4, -0.2) is 37.3 Å². The quantitative estimate of drug-likeness (QED) is 0.393. The van der Waals surface area contributed by atoms with Gasteiger partial charge in [-0.25, -0.2) is 9.59 Å². The van der Waals surface area contributed by atoms with Crippen molar-refractivity contribution in [1.29, 1.82) is 0 Å². The minimum absolute atomic E-state index is 0.0691. The van der Waals surface area contributed by atoms with Gasteiger partial charge in [0.1, 0.15) is 6.10 Å². The number of carbonyl (C=O) groups is 2. The zero-order valence-corrected chi connectivity index (χ0v) is 17.7. The molecule has 2 aromatic rings. The van der Waals surface area contributed by atoms with Crippen molar-refractivity contribution >= 4 is 29.8 Å². The third-order valence-corrected chi connectivity index (χ3v) is 5.24. The third-order valence-electron chi connectivity index (χ3n) is 5.24. The lowest BCUT2D eigenvalue weighted by Crippen LogP contribution is -2.24. The molecule has 0 heterocycles. The summed E-state index contributed by atoms with van der Waals surface area (Å²) in [4.78, 5) is 24.8. The molecule has 1 aliphatic rings. The molecule has 1 saturated carbocycles. The van der Waals surface area contributed by atoms with Gasteiger partial charge in [0.05, 0.1) is 7.11 Å². The van der Waals surface area contributed by atoms with E-state index in [1.165, 1.54) is 19.3 Å². The number of nitrogens with zero attached hydrogens (tertiary/aromatic N) is 1. The molecule has 1 N–H and O–H groups in total. The number of benzene rings is 2. The molecular formula is C25H27NO5. The summed E-state index contributed by atoms with van der Waals surface area (Å²) in [5.74, 6) is -0.751. The van der Waals surface area contributed by atoms with E-state index in [-0.39, 0.29) is 12.1 Å². The molecule has 3 rings (SSSR count). The molecule has 0 aliphatic heterocycles. The van der Waals surface area contributed by atoms with E-state index in [0.29, 0.717) is 5.56 Å². The van der Waals surface area contributed by atoms with Crippen molar-refractivity contribution in [3.05, 3.63) is 77.4 Å². The van der Waals surface area contributed by atoms with Crippen molar-refractivity contribution in [2.75, 3.05) is 19.1 Å². The Morgan fingerprint density at radius 1 is 1.03 bits per heavy atom. The fourth-order valence-corrected chi connectivity index (χ4v) is 3.08. The first-order valence-corrected chi connectivity index (χ1v) is 10.2. The molecule has 0 amide bonds. The Kier molecular flexibility index (Phi) is 7.62. The molecular weight excluding hydrogens is 394 g/mol. The van der Waals surface area contributed by atoms with E-state index in [1.807, 2.05) is 48.5 Å². The molecule has 31 heavy (non-hydrogen) atoms. The van der Waals surface area contributed by atoms with E-state index in [2.05, 4.69) is 4.74 Å². The molecule has 0 radical (unpaired) electrons. The molecule has 162 valence electrons. The highest BCUT2D eigenvalue weighted by Crippen LogP contribution is 2.25. The Bertz CT molecular complexity index is 960. The van der Waals surface area contributed by atoms with Gasteiger partial charge in [-0.2, -0.15) is 0 Å². The number of aliphatic hydroxyl groups is 1. The Morgan fingerprint density at radius 3 is 2.35 bits per heavy atom. The fraction of sp³-hybridized carbons (Fsp3) is 0.280. The van der Waals surface area contributed by atoms with Crippen molar-refractivity contribution in [2.24, 2.45) is 0 Å². The van der Waals surface area contributed by atoms with Gasteiger partial charge in [0.15, 0.2) is 6.23 Å². The van der Waals surface area contributed by atoms with Gasteiger partial charge >= 0.3 is 11.9 Å². The summed E-state index contributed by atoms with van der Waals surface area (Å²) >= 11 is 0. The number of anilines is 1. The Morgan fingerprint density at radius 2 is 1.71 bits per heavy atom. The van der Waals surface area contributed by atoms with Crippen LogP contribution in [0, 0.1) is 0 Å². The zero-order chi connectivity index (χ0) is 22.2. The molecule has 1 aliphatic carbocycles. The summed E-state index contributed by atoms with van der Waals surface area (Å²) in [6.45, 7) is 0. The average Bonchev–Trinajstić information content (AvgIpc) is 2.78. The maximum atomic E-state index is 11.8. The highest BCUT2D eigenvalue weighted by Gasteiger charge is 2.20. The fourth-order valence-electron chi connectivity index (χ4n) is 3.08. The number of carbonyl (C=O) groups excluding carboxylic acids is 2. The van der Waals surface area contributed by atoms with Gasteiger partial charge in [-0.05, 0) is 54.7 Å². The second-order valence-corrected chi connectivity index (χ2v) is 7.43. The second kappa shape index (κ2) is 10.6. The first-order chi connectivity index (χ1) is 15.0. The standard InChI is InChI=1S/C25H27NO5/c1-26(21-6-3-5-19(17-21)12-15-23(27)30-2)25(29)20-13-9-18(10-14-20)11-16-24(28)31-22-7-4-8-22/h3,5-6,9-17,22,25,29H,4,7-8H2,1-2H3/b15-12+,16-11+. The van der Waals surface area contributed by atoms with Crippen molar-refractivity contribution < 1.29 is 24.2 Å². The number of aliphatic hydroxyl groups excluding tert-OH is 1. The largest absolute Gasteiger partial charge is 0.466 e. The molecule has 1 atom stereocenters. The van der Waals surface area contributed by atoms with E-state index >= 15 is 0 Å². The van der Waals surface area contributed by atoms with Crippen LogP contribution < -0.4 is 4.90 Å². The maximum absolute atomic E-state index is 11.8. The van der Waals surface area contributed by atoms with Crippen molar-refractivity contribution in [1.82, 2.24) is 0 Å². The number of methoxy groups -OCH3 is 1. The topological polar surface area (TPSA) is 76.1 Å². The van der Waals surface area contributed by atoms with Gasteiger partial charge in [-0.15, -0.1) is 0 Å². The van der Waals surface area contributed by atoms with E-state index in [1.54, 1.807) is 24.1 Å². The van der Waals surface area contributed by atoms with Crippen LogP contribution in [0.5, 0.6) is 0 Å². The van der Waals surface area contributed by atoms with E-state index < -0.39 is 12.2 Å². The van der Waals surface area contributed by atoms with Gasteiger partial charge in [0.25, 0.3) is 0 Å². The zero-order valence-electron chi connectivity index (χ0n) is 17.7. The maximum Gasteiger partial charge on any atom is 0.331 e. The molecule has 1 fully saturated rings. The molecule has 0 aromatic heterocycles. The molecule has 1 unspecified atom stereocenters. The molecule has 6 nitrogen and oxygen atoms in total. The lowest BCUT2D eigenvalue weighted by atomic mass is 9.96. The van der Waals surface area contributed by atoms with Crippen molar-refractivity contribution in [3.63, 3.8) is 0 Å². The van der Waals surface area contributed by atoms with E-state index in [9.17, 15) is 14.7 Å². The second-order valence-electron chi connectivity index (χ2n) is 7.43. The molecule has 6 heteroatoms. The summed E-state index contributed by atoms with van der Waals surface area (Å²) < 4.78 is 9.90. The van der Waals surface area contributed by atoms with Crippen LogP contribution in [0.2, 0.25) is 0 Å². The summed E-state index contributed by atoms with van der Waals surface area (Å²) in [7, 11) is 3.12. The monoisotopic (exact) mass is 421 g/mol. The average molecular weight is 421 g/mol. The van der Waals surface area contributed by atoms with Crippen LogP contribution in [0.3, 0.4) is 0 Å². The van der Waals surface area contributed by atoms with Gasteiger partial charge in [-0.1, -0.05) is 36.4 Å². The Labute approximate surface area is 182 Å². The Balaban J connectivity index is 1.62. The SMILES string of the molecule is COC(=O)/C=C/c1cccc(N(C)C(O)c2ccc(/C=C/C(=O)OC3CCC3)cc2)c1. The normalized spacial score (nSPS) is 14.9. The summed E-state index contributed by atoms with van der Waals surface area (Å²) in [5.41, 5.74) is 3.17. The lowest BCUT2D eigenvalue weighted by Gasteiger charge is -2.26. The first-order valence-electron chi connectivity index (χ1n) is 10.2. The van der Waals surface area contributed by atoms with Crippen molar-refractivity contribution in [2.45, 2.75) is 31.6 Å². The van der Waals surface area contributed by atoms with Gasteiger partial charge < -0.3 is 19.5 Å². The summed E-state index contributed by atoms with van der Waals surface area (Å²) in [6, 6.07) is 14.8. The highest BCUT2D eigenvalue weighted by atomic mass is 16.5.